The van der Waals surface area contributed by atoms with Gasteiger partial charge in [0.15, 0.2) is 0 Å². The second kappa shape index (κ2) is 6.42. The quantitative estimate of drug-likeness (QED) is 0.560. The molecule has 96 valence electrons. The van der Waals surface area contributed by atoms with Crippen LogP contribution in [0.2, 0.25) is 0 Å². The van der Waals surface area contributed by atoms with Crippen molar-refractivity contribution in [3.05, 3.63) is 12.2 Å². The number of allylic oxidation sites excluding steroid dienone is 1. The van der Waals surface area contributed by atoms with E-state index in [1.54, 1.807) is 13.0 Å². The summed E-state index contributed by atoms with van der Waals surface area (Å²) in [5, 5.41) is 0. The van der Waals surface area contributed by atoms with Crippen LogP contribution in [-0.4, -0.2) is 25.2 Å². The molecule has 0 aromatic rings. The van der Waals surface area contributed by atoms with Gasteiger partial charge in [-0.05, 0) is 26.2 Å². The van der Waals surface area contributed by atoms with Crippen LogP contribution in [0.5, 0.6) is 0 Å². The number of methoxy groups -OCH3 is 1. The first-order valence-electron chi connectivity index (χ1n) is 6.01. The van der Waals surface area contributed by atoms with Crippen LogP contribution in [0, 0.1) is 11.8 Å². The van der Waals surface area contributed by atoms with Crippen LogP contribution >= 0.6 is 0 Å². The molecule has 0 aliphatic heterocycles. The molecule has 0 spiro atoms. The normalized spacial score (nSPS) is 29.0. The lowest BCUT2D eigenvalue weighted by Gasteiger charge is -2.33. The minimum Gasteiger partial charge on any atom is -0.469 e. The van der Waals surface area contributed by atoms with E-state index in [-0.39, 0.29) is 29.9 Å². The van der Waals surface area contributed by atoms with Crippen molar-refractivity contribution in [1.29, 1.82) is 0 Å². The van der Waals surface area contributed by atoms with Gasteiger partial charge in [-0.25, -0.2) is 4.79 Å². The van der Waals surface area contributed by atoms with Crippen molar-refractivity contribution in [2.45, 2.75) is 39.2 Å². The summed E-state index contributed by atoms with van der Waals surface area (Å²) in [5.41, 5.74) is 0. The van der Waals surface area contributed by atoms with E-state index in [1.807, 2.05) is 6.92 Å². The molecule has 0 saturated heterocycles. The number of rotatable bonds is 3. The Morgan fingerprint density at radius 2 is 2.00 bits per heavy atom. The first-order valence-corrected chi connectivity index (χ1v) is 6.01. The zero-order chi connectivity index (χ0) is 12.8. The zero-order valence-electron chi connectivity index (χ0n) is 10.6. The zero-order valence-corrected chi connectivity index (χ0v) is 10.6. The Kier molecular flexibility index (Phi) is 5.19. The molecule has 0 amide bonds. The van der Waals surface area contributed by atoms with E-state index >= 15 is 0 Å². The summed E-state index contributed by atoms with van der Waals surface area (Å²) >= 11 is 0. The van der Waals surface area contributed by atoms with E-state index in [4.69, 9.17) is 9.47 Å². The molecule has 1 aliphatic carbocycles. The predicted octanol–water partition coefficient (Wildman–Crippen LogP) is 2.08. The van der Waals surface area contributed by atoms with Gasteiger partial charge in [-0.1, -0.05) is 13.0 Å². The van der Waals surface area contributed by atoms with E-state index < -0.39 is 0 Å². The van der Waals surface area contributed by atoms with Gasteiger partial charge in [0.05, 0.1) is 13.0 Å². The van der Waals surface area contributed by atoms with E-state index in [0.717, 1.165) is 19.3 Å². The van der Waals surface area contributed by atoms with Gasteiger partial charge in [-0.2, -0.15) is 0 Å². The number of hydrogen-bond donors (Lipinski definition) is 0. The molecule has 4 heteroatoms. The van der Waals surface area contributed by atoms with E-state index in [2.05, 4.69) is 0 Å². The second-order valence-electron chi connectivity index (χ2n) is 4.40. The van der Waals surface area contributed by atoms with Crippen LogP contribution in [0.3, 0.4) is 0 Å². The molecule has 0 N–H and O–H groups in total. The molecule has 1 fully saturated rings. The molecule has 1 aliphatic rings. The highest BCUT2D eigenvalue weighted by molar-refractivity contribution is 5.82. The average Bonchev–Trinajstić information content (AvgIpc) is 2.31. The highest BCUT2D eigenvalue weighted by Gasteiger charge is 2.36. The van der Waals surface area contributed by atoms with Gasteiger partial charge in [0, 0.05) is 12.0 Å². The minimum absolute atomic E-state index is 0.0189. The smallest absolute Gasteiger partial charge is 0.330 e. The van der Waals surface area contributed by atoms with Crippen molar-refractivity contribution in [2.75, 3.05) is 7.11 Å². The topological polar surface area (TPSA) is 52.6 Å². The van der Waals surface area contributed by atoms with E-state index in [9.17, 15) is 9.59 Å². The highest BCUT2D eigenvalue weighted by Crippen LogP contribution is 2.32. The molecule has 0 aromatic heterocycles. The molecule has 0 heterocycles. The third-order valence-electron chi connectivity index (χ3n) is 3.30. The molecule has 1 saturated carbocycles. The summed E-state index contributed by atoms with van der Waals surface area (Å²) in [7, 11) is 1.39. The molecule has 3 unspecified atom stereocenters. The molecule has 4 nitrogen and oxygen atoms in total. The molecule has 0 radical (unpaired) electrons. The molecule has 0 bridgehead atoms. The fraction of sp³-hybridized carbons (Fsp3) is 0.692. The summed E-state index contributed by atoms with van der Waals surface area (Å²) in [6.45, 7) is 3.71. The number of hydrogen-bond acceptors (Lipinski definition) is 4. The minimum atomic E-state index is -0.338. The van der Waals surface area contributed by atoms with Gasteiger partial charge in [0.1, 0.15) is 6.10 Å². The number of esters is 2. The first-order chi connectivity index (χ1) is 8.10. The molecular weight excluding hydrogens is 220 g/mol. The molecule has 0 aromatic carbocycles. The van der Waals surface area contributed by atoms with Crippen LogP contribution in [-0.2, 0) is 19.1 Å². The summed E-state index contributed by atoms with van der Waals surface area (Å²) in [6.07, 6.45) is 5.38. The van der Waals surface area contributed by atoms with Crippen molar-refractivity contribution in [3.63, 3.8) is 0 Å². The molecule has 3 atom stereocenters. The van der Waals surface area contributed by atoms with Gasteiger partial charge in [-0.3, -0.25) is 4.79 Å². The lowest BCUT2D eigenvalue weighted by atomic mass is 9.78. The Hall–Kier alpha value is -1.32. The first kappa shape index (κ1) is 13.7. The van der Waals surface area contributed by atoms with Crippen LogP contribution in [0.25, 0.3) is 0 Å². The number of ether oxygens (including phenoxy) is 2. The van der Waals surface area contributed by atoms with Gasteiger partial charge >= 0.3 is 11.9 Å². The standard InChI is InChI=1S/C13H20O4/c1-4-6-12(14)17-11-8-5-7-10(9(11)2)13(15)16-3/h4,6,9-11H,5,7-8H2,1-3H3/b6-4+. The summed E-state index contributed by atoms with van der Waals surface area (Å²) in [4.78, 5) is 22.9. The fourth-order valence-electron chi connectivity index (χ4n) is 2.30. The monoisotopic (exact) mass is 240 g/mol. The van der Waals surface area contributed by atoms with Crippen LogP contribution in [0.15, 0.2) is 12.2 Å². The van der Waals surface area contributed by atoms with Gasteiger partial charge in [0.2, 0.25) is 0 Å². The van der Waals surface area contributed by atoms with Crippen LogP contribution < -0.4 is 0 Å². The van der Waals surface area contributed by atoms with E-state index in [0.29, 0.717) is 0 Å². The summed E-state index contributed by atoms with van der Waals surface area (Å²) in [5.74, 6) is -0.679. The summed E-state index contributed by atoms with van der Waals surface area (Å²) in [6, 6.07) is 0. The van der Waals surface area contributed by atoms with Crippen molar-refractivity contribution >= 4 is 11.9 Å². The van der Waals surface area contributed by atoms with Crippen molar-refractivity contribution in [3.8, 4) is 0 Å². The van der Waals surface area contributed by atoms with Crippen molar-refractivity contribution in [1.82, 2.24) is 0 Å². The average molecular weight is 240 g/mol. The van der Waals surface area contributed by atoms with Gasteiger partial charge < -0.3 is 9.47 Å². The Labute approximate surface area is 102 Å². The third kappa shape index (κ3) is 3.58. The van der Waals surface area contributed by atoms with Crippen molar-refractivity contribution < 1.29 is 19.1 Å². The maximum absolute atomic E-state index is 11.6. The predicted molar refractivity (Wildman–Crippen MR) is 63.2 cm³/mol. The second-order valence-corrected chi connectivity index (χ2v) is 4.40. The van der Waals surface area contributed by atoms with Crippen molar-refractivity contribution in [2.24, 2.45) is 11.8 Å². The molecule has 1 rings (SSSR count). The maximum atomic E-state index is 11.6. The summed E-state index contributed by atoms with van der Waals surface area (Å²) < 4.78 is 10.1. The largest absolute Gasteiger partial charge is 0.469 e. The Morgan fingerprint density at radius 3 is 2.59 bits per heavy atom. The third-order valence-corrected chi connectivity index (χ3v) is 3.30. The van der Waals surface area contributed by atoms with Gasteiger partial charge in [0.25, 0.3) is 0 Å². The lowest BCUT2D eigenvalue weighted by Crippen LogP contribution is -2.38. The molecule has 17 heavy (non-hydrogen) atoms. The van der Waals surface area contributed by atoms with Gasteiger partial charge in [-0.15, -0.1) is 0 Å². The maximum Gasteiger partial charge on any atom is 0.330 e. The lowest BCUT2D eigenvalue weighted by molar-refractivity contribution is -0.159. The Balaban J connectivity index is 2.61. The molecular formula is C13H20O4. The SMILES string of the molecule is C/C=C/C(=O)OC1CCCC(C(=O)OC)C1C. The number of carbonyl (C=O) groups is 2. The Bertz CT molecular complexity index is 309. The van der Waals surface area contributed by atoms with E-state index in [1.165, 1.54) is 13.2 Å². The Morgan fingerprint density at radius 1 is 1.29 bits per heavy atom. The fourth-order valence-corrected chi connectivity index (χ4v) is 2.30. The van der Waals surface area contributed by atoms with Crippen LogP contribution in [0.4, 0.5) is 0 Å². The van der Waals surface area contributed by atoms with Crippen LogP contribution in [0.1, 0.15) is 33.1 Å². The number of carbonyl (C=O) groups excluding carboxylic acids is 2. The highest BCUT2D eigenvalue weighted by atomic mass is 16.5.